The number of nitro benzene ring substituents is 1. The third-order valence-corrected chi connectivity index (χ3v) is 3.36. The van der Waals surface area contributed by atoms with Gasteiger partial charge in [-0.2, -0.15) is 5.10 Å². The zero-order valence-corrected chi connectivity index (χ0v) is 14.8. The topological polar surface area (TPSA) is 123 Å². The molecule has 0 bridgehead atoms. The second kappa shape index (κ2) is 9.18. The number of carboxylic acids is 1. The number of nitrogens with zero attached hydrogens (tertiary/aromatic N) is 2. The molecule has 27 heavy (non-hydrogen) atoms. The van der Waals surface area contributed by atoms with Gasteiger partial charge in [0.2, 0.25) is 5.75 Å². The van der Waals surface area contributed by atoms with Gasteiger partial charge < -0.3 is 14.6 Å². The lowest BCUT2D eigenvalue weighted by Gasteiger charge is -2.11. The van der Waals surface area contributed by atoms with Crippen molar-refractivity contribution in [2.45, 2.75) is 13.8 Å². The SMILES string of the molecule is CCOc1cc(/C=N/Nc2cccc(C(=O)O)c2)cc([N+](=O)[O-])c1OCC. The molecule has 0 aromatic heterocycles. The van der Waals surface area contributed by atoms with E-state index >= 15 is 0 Å². The van der Waals surface area contributed by atoms with Gasteiger partial charge in [0.15, 0.2) is 5.75 Å². The van der Waals surface area contributed by atoms with E-state index in [9.17, 15) is 14.9 Å². The Bertz CT molecular complexity index is 866. The lowest BCUT2D eigenvalue weighted by molar-refractivity contribution is -0.385. The number of hydrogen-bond acceptors (Lipinski definition) is 7. The number of rotatable bonds is 9. The zero-order chi connectivity index (χ0) is 19.8. The van der Waals surface area contributed by atoms with Crippen LogP contribution in [0.3, 0.4) is 0 Å². The van der Waals surface area contributed by atoms with Crippen LogP contribution in [0.15, 0.2) is 41.5 Å². The highest BCUT2D eigenvalue weighted by atomic mass is 16.6. The molecule has 0 amide bonds. The van der Waals surface area contributed by atoms with Crippen LogP contribution in [0, 0.1) is 10.1 Å². The summed E-state index contributed by atoms with van der Waals surface area (Å²) >= 11 is 0. The second-order valence-electron chi connectivity index (χ2n) is 5.25. The maximum atomic E-state index is 11.4. The van der Waals surface area contributed by atoms with Crippen molar-refractivity contribution in [1.29, 1.82) is 0 Å². The highest BCUT2D eigenvalue weighted by Crippen LogP contribution is 2.38. The number of aromatic carboxylic acids is 1. The molecule has 0 saturated carbocycles. The Labute approximate surface area is 155 Å². The van der Waals surface area contributed by atoms with Gasteiger partial charge in [-0.25, -0.2) is 4.79 Å². The predicted molar refractivity (Wildman–Crippen MR) is 100 cm³/mol. The average Bonchev–Trinajstić information content (AvgIpc) is 2.64. The second-order valence-corrected chi connectivity index (χ2v) is 5.25. The number of carbonyl (C=O) groups is 1. The molecule has 0 aliphatic heterocycles. The lowest BCUT2D eigenvalue weighted by Crippen LogP contribution is -2.03. The van der Waals surface area contributed by atoms with Crippen LogP contribution in [-0.2, 0) is 0 Å². The van der Waals surface area contributed by atoms with Crippen LogP contribution >= 0.6 is 0 Å². The summed E-state index contributed by atoms with van der Waals surface area (Å²) in [4.78, 5) is 21.8. The Hall–Kier alpha value is -3.62. The van der Waals surface area contributed by atoms with Crippen LogP contribution in [0.25, 0.3) is 0 Å². The molecule has 142 valence electrons. The quantitative estimate of drug-likeness (QED) is 0.391. The normalized spacial score (nSPS) is 10.6. The van der Waals surface area contributed by atoms with Gasteiger partial charge in [0, 0.05) is 11.6 Å². The molecule has 0 saturated heterocycles. The fourth-order valence-corrected chi connectivity index (χ4v) is 2.27. The fourth-order valence-electron chi connectivity index (χ4n) is 2.27. The Kier molecular flexibility index (Phi) is 6.70. The Morgan fingerprint density at radius 3 is 2.63 bits per heavy atom. The summed E-state index contributed by atoms with van der Waals surface area (Å²) in [6.07, 6.45) is 1.37. The summed E-state index contributed by atoms with van der Waals surface area (Å²) in [6, 6.07) is 9.02. The molecular formula is C18H19N3O6. The summed E-state index contributed by atoms with van der Waals surface area (Å²) in [5.41, 5.74) is 3.48. The van der Waals surface area contributed by atoms with Gasteiger partial charge in [0.05, 0.1) is 35.6 Å². The highest BCUT2D eigenvalue weighted by Gasteiger charge is 2.22. The first kappa shape index (κ1) is 19.7. The van der Waals surface area contributed by atoms with E-state index in [1.54, 1.807) is 32.0 Å². The minimum absolute atomic E-state index is 0.0728. The average molecular weight is 373 g/mol. The zero-order valence-electron chi connectivity index (χ0n) is 14.8. The molecule has 0 aliphatic rings. The van der Waals surface area contributed by atoms with E-state index in [1.165, 1.54) is 24.4 Å². The van der Waals surface area contributed by atoms with Gasteiger partial charge in [-0.05, 0) is 38.1 Å². The van der Waals surface area contributed by atoms with Crippen molar-refractivity contribution in [3.63, 3.8) is 0 Å². The van der Waals surface area contributed by atoms with Crippen molar-refractivity contribution in [3.05, 3.63) is 57.6 Å². The van der Waals surface area contributed by atoms with Crippen molar-refractivity contribution < 1.29 is 24.3 Å². The van der Waals surface area contributed by atoms with Crippen LogP contribution in [0.5, 0.6) is 11.5 Å². The van der Waals surface area contributed by atoms with Gasteiger partial charge in [0.25, 0.3) is 0 Å². The van der Waals surface area contributed by atoms with Crippen molar-refractivity contribution in [1.82, 2.24) is 0 Å². The maximum absolute atomic E-state index is 11.4. The molecule has 0 atom stereocenters. The summed E-state index contributed by atoms with van der Waals surface area (Å²) in [5, 5.41) is 24.3. The van der Waals surface area contributed by atoms with Crippen molar-refractivity contribution >= 4 is 23.6 Å². The molecule has 0 aliphatic carbocycles. The first-order valence-corrected chi connectivity index (χ1v) is 8.16. The largest absolute Gasteiger partial charge is 0.490 e. The highest BCUT2D eigenvalue weighted by molar-refractivity contribution is 5.89. The third-order valence-electron chi connectivity index (χ3n) is 3.36. The van der Waals surface area contributed by atoms with E-state index in [4.69, 9.17) is 14.6 Å². The van der Waals surface area contributed by atoms with Crippen molar-refractivity contribution in [2.24, 2.45) is 5.10 Å². The number of ether oxygens (including phenoxy) is 2. The summed E-state index contributed by atoms with van der Waals surface area (Å²) in [7, 11) is 0. The van der Waals surface area contributed by atoms with Crippen LogP contribution in [0.1, 0.15) is 29.8 Å². The standard InChI is InChI=1S/C18H19N3O6/c1-3-26-16-9-12(8-15(21(24)25)17(16)27-4-2)11-19-20-14-7-5-6-13(10-14)18(22)23/h5-11,20H,3-4H2,1-2H3,(H,22,23)/b19-11+. The van der Waals surface area contributed by atoms with E-state index in [-0.39, 0.29) is 29.4 Å². The minimum Gasteiger partial charge on any atom is -0.490 e. The first-order valence-electron chi connectivity index (χ1n) is 8.16. The fraction of sp³-hybridized carbons (Fsp3) is 0.222. The Morgan fingerprint density at radius 1 is 1.26 bits per heavy atom. The van der Waals surface area contributed by atoms with E-state index in [1.807, 2.05) is 0 Å². The maximum Gasteiger partial charge on any atom is 0.335 e. The molecular weight excluding hydrogens is 354 g/mol. The number of hydrazone groups is 1. The van der Waals surface area contributed by atoms with E-state index in [0.717, 1.165) is 0 Å². The number of carboxylic acid groups (broad SMARTS) is 1. The molecule has 2 aromatic rings. The van der Waals surface area contributed by atoms with E-state index < -0.39 is 10.9 Å². The van der Waals surface area contributed by atoms with Gasteiger partial charge in [-0.3, -0.25) is 15.5 Å². The number of benzene rings is 2. The molecule has 2 N–H and O–H groups in total. The molecule has 0 radical (unpaired) electrons. The van der Waals surface area contributed by atoms with E-state index in [2.05, 4.69) is 10.5 Å². The van der Waals surface area contributed by atoms with Crippen LogP contribution < -0.4 is 14.9 Å². The van der Waals surface area contributed by atoms with E-state index in [0.29, 0.717) is 17.9 Å². The van der Waals surface area contributed by atoms with Gasteiger partial charge in [-0.1, -0.05) is 6.07 Å². The summed E-state index contributed by atoms with van der Waals surface area (Å²) in [6.45, 7) is 4.07. The lowest BCUT2D eigenvalue weighted by atomic mass is 10.2. The number of nitro groups is 1. The number of nitrogens with one attached hydrogen (secondary N) is 1. The molecule has 9 heteroatoms. The van der Waals surface area contributed by atoms with Crippen molar-refractivity contribution in [3.8, 4) is 11.5 Å². The molecule has 0 unspecified atom stereocenters. The Balaban J connectivity index is 2.29. The molecule has 0 spiro atoms. The molecule has 2 aromatic carbocycles. The van der Waals surface area contributed by atoms with Gasteiger partial charge in [-0.15, -0.1) is 0 Å². The molecule has 0 heterocycles. The smallest absolute Gasteiger partial charge is 0.335 e. The number of hydrogen-bond donors (Lipinski definition) is 2. The van der Waals surface area contributed by atoms with Crippen LogP contribution in [0.2, 0.25) is 0 Å². The Morgan fingerprint density at radius 2 is 2.00 bits per heavy atom. The molecule has 9 nitrogen and oxygen atoms in total. The van der Waals surface area contributed by atoms with Crippen LogP contribution in [0.4, 0.5) is 11.4 Å². The summed E-state index contributed by atoms with van der Waals surface area (Å²) < 4.78 is 10.8. The van der Waals surface area contributed by atoms with Crippen molar-refractivity contribution in [2.75, 3.05) is 18.6 Å². The third kappa shape index (κ3) is 5.18. The first-order chi connectivity index (χ1) is 13.0. The molecule has 2 rings (SSSR count). The molecule has 0 fully saturated rings. The minimum atomic E-state index is -1.05. The van der Waals surface area contributed by atoms with Gasteiger partial charge >= 0.3 is 11.7 Å². The van der Waals surface area contributed by atoms with Gasteiger partial charge in [0.1, 0.15) is 0 Å². The van der Waals surface area contributed by atoms with Crippen LogP contribution in [-0.4, -0.2) is 35.4 Å². The number of anilines is 1. The predicted octanol–water partition coefficient (Wildman–Crippen LogP) is 3.54. The summed E-state index contributed by atoms with van der Waals surface area (Å²) in [5.74, 6) is -0.724. The monoisotopic (exact) mass is 373 g/mol.